The number of hydrogen-bond acceptors (Lipinski definition) is 1. The number of halogens is 3. The van der Waals surface area contributed by atoms with Crippen LogP contribution in [-0.2, 0) is 11.6 Å². The van der Waals surface area contributed by atoms with Gasteiger partial charge in [0.25, 0.3) is 0 Å². The molecule has 1 aromatic heterocycles. The first-order chi connectivity index (χ1) is 7.03. The Bertz CT molecular complexity index is 338. The fourth-order valence-corrected chi connectivity index (χ4v) is 1.41. The topological polar surface area (TPSA) is 17.8 Å². The van der Waals surface area contributed by atoms with Crippen LogP contribution < -0.4 is 0 Å². The average molecular weight is 234 g/mol. The molecule has 16 heavy (non-hydrogen) atoms. The summed E-state index contributed by atoms with van der Waals surface area (Å²) in [5.74, 6) is 0. The molecule has 0 unspecified atom stereocenters. The summed E-state index contributed by atoms with van der Waals surface area (Å²) in [6, 6.07) is -0.0720. The van der Waals surface area contributed by atoms with Gasteiger partial charge in [0, 0.05) is 17.8 Å². The number of aromatic nitrogens is 2. The summed E-state index contributed by atoms with van der Waals surface area (Å²) in [5.41, 5.74) is -1.08. The van der Waals surface area contributed by atoms with E-state index >= 15 is 0 Å². The zero-order chi connectivity index (χ0) is 12.7. The van der Waals surface area contributed by atoms with Gasteiger partial charge in [-0.1, -0.05) is 20.8 Å². The minimum absolute atomic E-state index is 0.0720. The lowest BCUT2D eigenvalue weighted by atomic mass is 9.87. The molecule has 0 fully saturated rings. The number of hydrogen-bond donors (Lipinski definition) is 0. The molecular weight excluding hydrogens is 217 g/mol. The Labute approximate surface area is 93.5 Å². The zero-order valence-electron chi connectivity index (χ0n) is 10.2. The highest BCUT2D eigenvalue weighted by Crippen LogP contribution is 2.36. The first-order valence-corrected chi connectivity index (χ1v) is 5.20. The lowest BCUT2D eigenvalue weighted by molar-refractivity contribution is -0.142. The van der Waals surface area contributed by atoms with Gasteiger partial charge in [0.1, 0.15) is 0 Å². The van der Waals surface area contributed by atoms with Gasteiger partial charge in [-0.2, -0.15) is 18.3 Å². The van der Waals surface area contributed by atoms with Crippen LogP contribution in [0.5, 0.6) is 0 Å². The third-order valence-electron chi connectivity index (χ3n) is 2.34. The maximum absolute atomic E-state index is 12.8. The Hall–Kier alpha value is -1.00. The second-order valence-electron chi connectivity index (χ2n) is 5.21. The van der Waals surface area contributed by atoms with E-state index in [1.54, 1.807) is 34.6 Å². The summed E-state index contributed by atoms with van der Waals surface area (Å²) in [5, 5.41) is 3.64. The van der Waals surface area contributed by atoms with Crippen LogP contribution in [0.25, 0.3) is 0 Å². The highest BCUT2D eigenvalue weighted by molar-refractivity contribution is 5.27. The first kappa shape index (κ1) is 13.1. The van der Waals surface area contributed by atoms with Gasteiger partial charge in [-0.05, 0) is 19.3 Å². The van der Waals surface area contributed by atoms with Crippen molar-refractivity contribution in [2.75, 3.05) is 0 Å². The molecule has 0 radical (unpaired) electrons. The Morgan fingerprint density at radius 3 is 1.94 bits per heavy atom. The molecule has 92 valence electrons. The van der Waals surface area contributed by atoms with Gasteiger partial charge in [0.15, 0.2) is 5.69 Å². The predicted octanol–water partition coefficient (Wildman–Crippen LogP) is 3.78. The zero-order valence-corrected chi connectivity index (χ0v) is 10.2. The van der Waals surface area contributed by atoms with Crippen LogP contribution in [0.4, 0.5) is 13.2 Å². The van der Waals surface area contributed by atoms with Crippen LogP contribution in [0.15, 0.2) is 6.20 Å². The summed E-state index contributed by atoms with van der Waals surface area (Å²) in [6.45, 7) is 8.87. The van der Waals surface area contributed by atoms with Crippen molar-refractivity contribution in [1.29, 1.82) is 0 Å². The van der Waals surface area contributed by atoms with Crippen LogP contribution in [0, 0.1) is 0 Å². The van der Waals surface area contributed by atoms with E-state index in [1.165, 1.54) is 10.9 Å². The van der Waals surface area contributed by atoms with Crippen LogP contribution in [0.3, 0.4) is 0 Å². The molecule has 0 aliphatic carbocycles. The summed E-state index contributed by atoms with van der Waals surface area (Å²) in [6.07, 6.45) is -2.89. The predicted molar refractivity (Wildman–Crippen MR) is 56.3 cm³/mol. The molecule has 0 aromatic carbocycles. The third-order valence-corrected chi connectivity index (χ3v) is 2.34. The van der Waals surface area contributed by atoms with Crippen molar-refractivity contribution in [2.24, 2.45) is 0 Å². The van der Waals surface area contributed by atoms with Crippen LogP contribution in [-0.4, -0.2) is 9.78 Å². The molecule has 0 saturated carbocycles. The van der Waals surface area contributed by atoms with Crippen molar-refractivity contribution in [3.63, 3.8) is 0 Å². The smallest absolute Gasteiger partial charge is 0.269 e. The fraction of sp³-hybridized carbons (Fsp3) is 0.727. The van der Waals surface area contributed by atoms with E-state index < -0.39 is 17.3 Å². The second-order valence-corrected chi connectivity index (χ2v) is 5.21. The van der Waals surface area contributed by atoms with E-state index in [9.17, 15) is 13.2 Å². The average Bonchev–Trinajstić information content (AvgIpc) is 2.44. The van der Waals surface area contributed by atoms with E-state index in [0.717, 1.165) is 0 Å². The van der Waals surface area contributed by atoms with E-state index in [1.807, 2.05) is 0 Å². The fourth-order valence-electron chi connectivity index (χ4n) is 1.41. The van der Waals surface area contributed by atoms with E-state index in [0.29, 0.717) is 0 Å². The van der Waals surface area contributed by atoms with Crippen LogP contribution in [0.1, 0.15) is 51.9 Å². The van der Waals surface area contributed by atoms with Crippen molar-refractivity contribution in [3.05, 3.63) is 17.5 Å². The highest BCUT2D eigenvalue weighted by atomic mass is 19.4. The van der Waals surface area contributed by atoms with Gasteiger partial charge < -0.3 is 0 Å². The maximum Gasteiger partial charge on any atom is 0.435 e. The first-order valence-electron chi connectivity index (χ1n) is 5.20. The Morgan fingerprint density at radius 1 is 1.19 bits per heavy atom. The van der Waals surface area contributed by atoms with E-state index in [4.69, 9.17) is 0 Å². The molecule has 1 rings (SSSR count). The van der Waals surface area contributed by atoms with E-state index in [2.05, 4.69) is 5.10 Å². The molecular formula is C11H17F3N2. The van der Waals surface area contributed by atoms with Crippen molar-refractivity contribution < 1.29 is 13.2 Å². The SMILES string of the molecule is CC(C)n1cc(C(C)(C)C)c(C(F)(F)F)n1. The molecule has 0 amide bonds. The van der Waals surface area contributed by atoms with Gasteiger partial charge in [-0.15, -0.1) is 0 Å². The molecule has 1 heterocycles. The van der Waals surface area contributed by atoms with E-state index in [-0.39, 0.29) is 11.6 Å². The molecule has 0 spiro atoms. The molecule has 2 nitrogen and oxygen atoms in total. The number of nitrogens with zero attached hydrogens (tertiary/aromatic N) is 2. The monoisotopic (exact) mass is 234 g/mol. The van der Waals surface area contributed by atoms with Crippen LogP contribution >= 0.6 is 0 Å². The molecule has 5 heteroatoms. The van der Waals surface area contributed by atoms with Crippen molar-refractivity contribution in [3.8, 4) is 0 Å². The molecule has 0 bridgehead atoms. The number of alkyl halides is 3. The molecule has 0 atom stereocenters. The van der Waals surface area contributed by atoms with Crippen molar-refractivity contribution in [1.82, 2.24) is 9.78 Å². The highest BCUT2D eigenvalue weighted by Gasteiger charge is 2.40. The molecule has 0 saturated heterocycles. The lowest BCUT2D eigenvalue weighted by Gasteiger charge is -2.18. The van der Waals surface area contributed by atoms with Gasteiger partial charge in [-0.3, -0.25) is 4.68 Å². The normalized spacial score (nSPS) is 13.6. The van der Waals surface area contributed by atoms with Gasteiger partial charge in [0.05, 0.1) is 0 Å². The van der Waals surface area contributed by atoms with Crippen molar-refractivity contribution in [2.45, 2.75) is 52.3 Å². The molecule has 0 N–H and O–H groups in total. The molecule has 1 aromatic rings. The van der Waals surface area contributed by atoms with Crippen molar-refractivity contribution >= 4 is 0 Å². The van der Waals surface area contributed by atoms with Gasteiger partial charge in [-0.25, -0.2) is 0 Å². The summed E-state index contributed by atoms with van der Waals surface area (Å²) >= 11 is 0. The van der Waals surface area contributed by atoms with Crippen LogP contribution in [0.2, 0.25) is 0 Å². The molecule has 0 aliphatic rings. The van der Waals surface area contributed by atoms with Gasteiger partial charge >= 0.3 is 6.18 Å². The Kier molecular flexibility index (Phi) is 3.09. The third kappa shape index (κ3) is 2.57. The Balaban J connectivity index is 3.36. The summed E-state index contributed by atoms with van der Waals surface area (Å²) in [4.78, 5) is 0. The second kappa shape index (κ2) is 3.79. The summed E-state index contributed by atoms with van der Waals surface area (Å²) < 4.78 is 39.7. The molecule has 0 aliphatic heterocycles. The van der Waals surface area contributed by atoms with Gasteiger partial charge in [0.2, 0.25) is 0 Å². The standard InChI is InChI=1S/C11H17F3N2/c1-7(2)16-6-8(10(3,4)5)9(15-16)11(12,13)14/h6-7H,1-5H3. The summed E-state index contributed by atoms with van der Waals surface area (Å²) in [7, 11) is 0. The number of rotatable bonds is 1. The minimum Gasteiger partial charge on any atom is -0.269 e. The maximum atomic E-state index is 12.8. The largest absolute Gasteiger partial charge is 0.435 e. The Morgan fingerprint density at radius 2 is 1.69 bits per heavy atom. The quantitative estimate of drug-likeness (QED) is 0.723. The lowest BCUT2D eigenvalue weighted by Crippen LogP contribution is -2.18. The minimum atomic E-state index is -4.39.